The largest absolute Gasteiger partial charge is 0.489 e. The van der Waals surface area contributed by atoms with Crippen LogP contribution in [-0.4, -0.2) is 18.5 Å². The second kappa shape index (κ2) is 8.28. The van der Waals surface area contributed by atoms with Crippen LogP contribution in [0.3, 0.4) is 0 Å². The van der Waals surface area contributed by atoms with Crippen molar-refractivity contribution in [2.75, 3.05) is 6.54 Å². The van der Waals surface area contributed by atoms with Crippen molar-refractivity contribution < 1.29 is 9.53 Å². The smallest absolute Gasteiger partial charge is 0.237 e. The number of benzene rings is 2. The molecule has 0 spiro atoms. The third-order valence-corrected chi connectivity index (χ3v) is 5.09. The molecule has 0 aliphatic carbocycles. The van der Waals surface area contributed by atoms with Crippen molar-refractivity contribution in [2.24, 2.45) is 0 Å². The molecule has 132 valence electrons. The van der Waals surface area contributed by atoms with Crippen molar-refractivity contribution in [1.29, 1.82) is 0 Å². The van der Waals surface area contributed by atoms with Gasteiger partial charge in [0.05, 0.1) is 16.1 Å². The Kier molecular flexibility index (Phi) is 6.07. The third-order valence-electron chi connectivity index (χ3n) is 4.00. The average Bonchev–Trinajstić information content (AvgIpc) is 3.00. The van der Waals surface area contributed by atoms with Gasteiger partial charge in [-0.25, -0.2) is 0 Å². The maximum Gasteiger partial charge on any atom is 0.237 e. The van der Waals surface area contributed by atoms with E-state index in [9.17, 15) is 4.79 Å². The highest BCUT2D eigenvalue weighted by Gasteiger charge is 2.23. The van der Waals surface area contributed by atoms with Crippen molar-refractivity contribution in [3.63, 3.8) is 0 Å². The van der Waals surface area contributed by atoms with Crippen LogP contribution < -0.4 is 15.4 Å². The molecule has 1 atom stereocenters. The summed E-state index contributed by atoms with van der Waals surface area (Å²) >= 11 is 18.2. The lowest BCUT2D eigenvalue weighted by molar-refractivity contribution is -0.120. The van der Waals surface area contributed by atoms with E-state index in [1.807, 2.05) is 18.2 Å². The SMILES string of the molecule is O=C1NCCC1NCc1ccc(OCc2ccc(Cl)c(Cl)c2)cc1Cl. The van der Waals surface area contributed by atoms with Crippen molar-refractivity contribution in [1.82, 2.24) is 10.6 Å². The molecule has 4 nitrogen and oxygen atoms in total. The summed E-state index contributed by atoms with van der Waals surface area (Å²) in [4.78, 5) is 11.6. The minimum absolute atomic E-state index is 0.0395. The van der Waals surface area contributed by atoms with Gasteiger partial charge in [-0.3, -0.25) is 4.79 Å². The number of carbonyl (C=O) groups is 1. The minimum Gasteiger partial charge on any atom is -0.489 e. The molecule has 1 heterocycles. The second-order valence-electron chi connectivity index (χ2n) is 5.80. The maximum absolute atomic E-state index is 11.6. The summed E-state index contributed by atoms with van der Waals surface area (Å²) in [5.74, 6) is 0.705. The molecule has 0 saturated carbocycles. The van der Waals surface area contributed by atoms with E-state index < -0.39 is 0 Å². The Labute approximate surface area is 161 Å². The van der Waals surface area contributed by atoms with E-state index in [4.69, 9.17) is 39.5 Å². The molecule has 0 radical (unpaired) electrons. The first-order valence-electron chi connectivity index (χ1n) is 7.89. The standard InChI is InChI=1S/C18H17Cl3N2O2/c19-14-4-1-11(7-16(14)21)10-25-13-3-2-12(15(20)8-13)9-23-17-5-6-22-18(17)24/h1-4,7-8,17,23H,5-6,9-10H2,(H,22,24). The monoisotopic (exact) mass is 398 g/mol. The van der Waals surface area contributed by atoms with Crippen molar-refractivity contribution in [3.8, 4) is 5.75 Å². The zero-order valence-corrected chi connectivity index (χ0v) is 15.6. The van der Waals surface area contributed by atoms with E-state index in [1.165, 1.54) is 0 Å². The van der Waals surface area contributed by atoms with Crippen LogP contribution in [0, 0.1) is 0 Å². The van der Waals surface area contributed by atoms with Crippen LogP contribution in [0.2, 0.25) is 15.1 Å². The van der Waals surface area contributed by atoms with Gasteiger partial charge in [0.1, 0.15) is 12.4 Å². The summed E-state index contributed by atoms with van der Waals surface area (Å²) in [6.45, 7) is 1.61. The summed E-state index contributed by atoms with van der Waals surface area (Å²) < 4.78 is 5.75. The molecule has 1 aliphatic heterocycles. The Bertz CT molecular complexity index is 783. The van der Waals surface area contributed by atoms with E-state index in [0.717, 1.165) is 17.5 Å². The van der Waals surface area contributed by atoms with Gasteiger partial charge in [-0.05, 0) is 41.8 Å². The average molecular weight is 400 g/mol. The molecular weight excluding hydrogens is 383 g/mol. The van der Waals surface area contributed by atoms with Crippen LogP contribution in [0.5, 0.6) is 5.75 Å². The predicted octanol–water partition coefficient (Wildman–Crippen LogP) is 4.20. The van der Waals surface area contributed by atoms with Gasteiger partial charge in [0.2, 0.25) is 5.91 Å². The van der Waals surface area contributed by atoms with Crippen molar-refractivity contribution >= 4 is 40.7 Å². The third kappa shape index (κ3) is 4.79. The molecule has 7 heteroatoms. The Hall–Kier alpha value is -1.46. The highest BCUT2D eigenvalue weighted by Crippen LogP contribution is 2.26. The van der Waals surface area contributed by atoms with Gasteiger partial charge in [-0.1, -0.05) is 46.9 Å². The molecule has 1 saturated heterocycles. The molecule has 1 fully saturated rings. The fourth-order valence-electron chi connectivity index (χ4n) is 2.58. The Morgan fingerprint density at radius 1 is 1.08 bits per heavy atom. The molecule has 3 rings (SSSR count). The van der Waals surface area contributed by atoms with Gasteiger partial charge in [0.25, 0.3) is 0 Å². The van der Waals surface area contributed by atoms with Gasteiger partial charge in [-0.15, -0.1) is 0 Å². The lowest BCUT2D eigenvalue weighted by Crippen LogP contribution is -2.35. The lowest BCUT2D eigenvalue weighted by atomic mass is 10.2. The van der Waals surface area contributed by atoms with Gasteiger partial charge in [0.15, 0.2) is 0 Å². The molecule has 2 aromatic carbocycles. The first-order valence-corrected chi connectivity index (χ1v) is 9.02. The topological polar surface area (TPSA) is 50.4 Å². The summed E-state index contributed by atoms with van der Waals surface area (Å²) in [7, 11) is 0. The predicted molar refractivity (Wildman–Crippen MR) is 101 cm³/mol. The molecule has 2 N–H and O–H groups in total. The van der Waals surface area contributed by atoms with Gasteiger partial charge in [-0.2, -0.15) is 0 Å². The van der Waals surface area contributed by atoms with Crippen molar-refractivity contribution in [2.45, 2.75) is 25.6 Å². The molecule has 1 aliphatic rings. The molecule has 1 amide bonds. The van der Waals surface area contributed by atoms with E-state index in [-0.39, 0.29) is 11.9 Å². The Morgan fingerprint density at radius 2 is 1.92 bits per heavy atom. The Morgan fingerprint density at radius 3 is 2.60 bits per heavy atom. The van der Waals surface area contributed by atoms with Crippen molar-refractivity contribution in [3.05, 3.63) is 62.6 Å². The number of hydrogen-bond acceptors (Lipinski definition) is 3. The Balaban J connectivity index is 1.57. The summed E-state index contributed by atoms with van der Waals surface area (Å²) in [5, 5.41) is 7.62. The van der Waals surface area contributed by atoms with Gasteiger partial charge < -0.3 is 15.4 Å². The van der Waals surface area contributed by atoms with E-state index in [0.29, 0.717) is 40.5 Å². The molecule has 1 unspecified atom stereocenters. The summed E-state index contributed by atoms with van der Waals surface area (Å²) in [6.07, 6.45) is 0.793. The minimum atomic E-state index is -0.151. The summed E-state index contributed by atoms with van der Waals surface area (Å²) in [5.41, 5.74) is 1.84. The van der Waals surface area contributed by atoms with E-state index in [2.05, 4.69) is 10.6 Å². The van der Waals surface area contributed by atoms with Crippen LogP contribution in [0.1, 0.15) is 17.5 Å². The maximum atomic E-state index is 11.6. The number of ether oxygens (including phenoxy) is 1. The van der Waals surface area contributed by atoms with E-state index in [1.54, 1.807) is 18.2 Å². The quantitative estimate of drug-likeness (QED) is 0.765. The highest BCUT2D eigenvalue weighted by atomic mass is 35.5. The van der Waals surface area contributed by atoms with Crippen LogP contribution in [0.4, 0.5) is 0 Å². The van der Waals surface area contributed by atoms with Gasteiger partial charge in [0, 0.05) is 18.1 Å². The molecule has 0 bridgehead atoms. The zero-order valence-electron chi connectivity index (χ0n) is 13.3. The number of amides is 1. The number of hydrogen-bond donors (Lipinski definition) is 2. The molecule has 25 heavy (non-hydrogen) atoms. The highest BCUT2D eigenvalue weighted by molar-refractivity contribution is 6.42. The lowest BCUT2D eigenvalue weighted by Gasteiger charge is -2.12. The first kappa shape index (κ1) is 18.3. The van der Waals surface area contributed by atoms with Crippen LogP contribution in [-0.2, 0) is 17.9 Å². The first-order chi connectivity index (χ1) is 12.0. The van der Waals surface area contributed by atoms with Crippen LogP contribution in [0.15, 0.2) is 36.4 Å². The number of carbonyl (C=O) groups excluding carboxylic acids is 1. The van der Waals surface area contributed by atoms with Crippen LogP contribution in [0.25, 0.3) is 0 Å². The number of halogens is 3. The zero-order chi connectivity index (χ0) is 17.8. The van der Waals surface area contributed by atoms with Crippen LogP contribution >= 0.6 is 34.8 Å². The number of nitrogens with one attached hydrogen (secondary N) is 2. The molecular formula is C18H17Cl3N2O2. The summed E-state index contributed by atoms with van der Waals surface area (Å²) in [6, 6.07) is 10.7. The molecule has 0 aromatic heterocycles. The fraction of sp³-hybridized carbons (Fsp3) is 0.278. The normalized spacial score (nSPS) is 16.8. The number of rotatable bonds is 6. The fourth-order valence-corrected chi connectivity index (χ4v) is 3.14. The van der Waals surface area contributed by atoms with E-state index >= 15 is 0 Å². The van der Waals surface area contributed by atoms with Gasteiger partial charge >= 0.3 is 0 Å². The molecule has 2 aromatic rings. The second-order valence-corrected chi connectivity index (χ2v) is 7.03.